The van der Waals surface area contributed by atoms with Gasteiger partial charge in [0.2, 0.25) is 0 Å². The summed E-state index contributed by atoms with van der Waals surface area (Å²) in [6.07, 6.45) is 4.73. The van der Waals surface area contributed by atoms with Crippen LogP contribution in [-0.4, -0.2) is 13.1 Å². The average Bonchev–Trinajstić information content (AvgIpc) is 2.27. The summed E-state index contributed by atoms with van der Waals surface area (Å²) in [5, 5.41) is 3.31. The fourth-order valence-corrected chi connectivity index (χ4v) is 2.15. The molecule has 0 aliphatic heterocycles. The van der Waals surface area contributed by atoms with Crippen molar-refractivity contribution in [2.75, 3.05) is 7.05 Å². The van der Waals surface area contributed by atoms with Crippen molar-refractivity contribution in [1.29, 1.82) is 0 Å². The van der Waals surface area contributed by atoms with Crippen LogP contribution < -0.4 is 5.32 Å². The van der Waals surface area contributed by atoms with Gasteiger partial charge in [0.1, 0.15) is 0 Å². The molecule has 15 heavy (non-hydrogen) atoms. The van der Waals surface area contributed by atoms with Crippen molar-refractivity contribution in [2.24, 2.45) is 0 Å². The molecule has 1 nitrogen and oxygen atoms in total. The molecule has 1 atom stereocenters. The van der Waals surface area contributed by atoms with E-state index in [1.807, 2.05) is 7.05 Å². The Kier molecular flexibility index (Phi) is 2.92. The van der Waals surface area contributed by atoms with Gasteiger partial charge in [0.05, 0.1) is 0 Å². The molecule has 0 saturated carbocycles. The van der Waals surface area contributed by atoms with Gasteiger partial charge in [0, 0.05) is 6.04 Å². The third-order valence-corrected chi connectivity index (χ3v) is 3.31. The highest BCUT2D eigenvalue weighted by Crippen LogP contribution is 2.26. The Bertz CT molecular complexity index is 390. The van der Waals surface area contributed by atoms with Gasteiger partial charge in [-0.15, -0.1) is 0 Å². The van der Waals surface area contributed by atoms with Gasteiger partial charge >= 0.3 is 0 Å². The molecule has 0 heterocycles. The van der Waals surface area contributed by atoms with E-state index in [2.05, 4.69) is 43.4 Å². The highest BCUT2D eigenvalue weighted by Gasteiger charge is 2.13. The van der Waals surface area contributed by atoms with Crippen LogP contribution in [0.15, 0.2) is 23.8 Å². The number of rotatable bonds is 2. The first-order valence-electron chi connectivity index (χ1n) is 5.68. The van der Waals surface area contributed by atoms with Crippen LogP contribution in [0.4, 0.5) is 0 Å². The molecular weight excluding hydrogens is 182 g/mol. The zero-order valence-corrected chi connectivity index (χ0v) is 9.80. The summed E-state index contributed by atoms with van der Waals surface area (Å²) in [5.74, 6) is 0. The first-order valence-corrected chi connectivity index (χ1v) is 5.68. The minimum absolute atomic E-state index is 0.499. The number of hydrogen-bond acceptors (Lipinski definition) is 1. The molecule has 1 aliphatic rings. The number of nitrogens with one attached hydrogen (secondary N) is 1. The van der Waals surface area contributed by atoms with Crippen molar-refractivity contribution in [3.8, 4) is 0 Å². The van der Waals surface area contributed by atoms with E-state index in [4.69, 9.17) is 0 Å². The number of benzene rings is 1. The maximum Gasteiger partial charge on any atom is 0.0251 e. The predicted molar refractivity (Wildman–Crippen MR) is 66.0 cm³/mol. The van der Waals surface area contributed by atoms with E-state index in [9.17, 15) is 0 Å². The van der Waals surface area contributed by atoms with Crippen molar-refractivity contribution in [3.05, 3.63) is 40.5 Å². The molecule has 0 amide bonds. The number of aryl methyl sites for hydroxylation is 2. The van der Waals surface area contributed by atoms with Crippen LogP contribution in [0.25, 0.3) is 6.08 Å². The van der Waals surface area contributed by atoms with Gasteiger partial charge < -0.3 is 5.32 Å². The SMILES string of the molecule is CNC(C)C1=Cc2cc(C)ccc2CC1. The van der Waals surface area contributed by atoms with Crippen LogP contribution in [0.2, 0.25) is 0 Å². The van der Waals surface area contributed by atoms with Crippen LogP contribution in [0.5, 0.6) is 0 Å². The Hall–Kier alpha value is -1.08. The Labute approximate surface area is 92.2 Å². The van der Waals surface area contributed by atoms with E-state index in [0.29, 0.717) is 6.04 Å². The lowest BCUT2D eigenvalue weighted by molar-refractivity contribution is 0.660. The molecule has 1 N–H and O–H groups in total. The first-order chi connectivity index (χ1) is 7.20. The second-order valence-corrected chi connectivity index (χ2v) is 4.43. The second-order valence-electron chi connectivity index (χ2n) is 4.43. The Morgan fingerprint density at radius 2 is 2.07 bits per heavy atom. The highest BCUT2D eigenvalue weighted by molar-refractivity contribution is 5.61. The van der Waals surface area contributed by atoms with E-state index in [-0.39, 0.29) is 0 Å². The van der Waals surface area contributed by atoms with Crippen LogP contribution in [0.3, 0.4) is 0 Å². The smallest absolute Gasteiger partial charge is 0.0251 e. The molecule has 0 spiro atoms. The lowest BCUT2D eigenvalue weighted by Crippen LogP contribution is -2.24. The molecule has 1 unspecified atom stereocenters. The van der Waals surface area contributed by atoms with E-state index in [1.165, 1.54) is 35.1 Å². The molecular formula is C14H19N. The molecule has 80 valence electrons. The zero-order valence-electron chi connectivity index (χ0n) is 9.80. The number of likely N-dealkylation sites (N-methyl/N-ethyl adjacent to an activating group) is 1. The summed E-state index contributed by atoms with van der Waals surface area (Å²) < 4.78 is 0. The van der Waals surface area contributed by atoms with Gasteiger partial charge in [-0.1, -0.05) is 35.4 Å². The third-order valence-electron chi connectivity index (χ3n) is 3.31. The van der Waals surface area contributed by atoms with Gasteiger partial charge in [-0.05, 0) is 44.9 Å². The second kappa shape index (κ2) is 4.19. The summed E-state index contributed by atoms with van der Waals surface area (Å²) >= 11 is 0. The lowest BCUT2D eigenvalue weighted by Gasteiger charge is -2.21. The largest absolute Gasteiger partial charge is 0.314 e. The highest BCUT2D eigenvalue weighted by atomic mass is 14.9. The van der Waals surface area contributed by atoms with E-state index >= 15 is 0 Å². The van der Waals surface area contributed by atoms with Crippen molar-refractivity contribution in [1.82, 2.24) is 5.32 Å². The maximum atomic E-state index is 3.31. The summed E-state index contributed by atoms with van der Waals surface area (Å²) in [6, 6.07) is 7.26. The third kappa shape index (κ3) is 2.13. The zero-order chi connectivity index (χ0) is 10.8. The Balaban J connectivity index is 2.35. The summed E-state index contributed by atoms with van der Waals surface area (Å²) in [7, 11) is 2.03. The lowest BCUT2D eigenvalue weighted by atomic mass is 9.88. The summed E-state index contributed by atoms with van der Waals surface area (Å²) in [5.41, 5.74) is 5.78. The molecule has 1 aliphatic carbocycles. The number of hydrogen-bond donors (Lipinski definition) is 1. The van der Waals surface area contributed by atoms with Gasteiger partial charge in [0.25, 0.3) is 0 Å². The standard InChI is InChI=1S/C14H19N/c1-10-4-5-12-6-7-13(11(2)15-3)9-14(12)8-10/h4-5,8-9,11,15H,6-7H2,1-3H3. The predicted octanol–water partition coefficient (Wildman–Crippen LogP) is 2.93. The van der Waals surface area contributed by atoms with Crippen molar-refractivity contribution in [3.63, 3.8) is 0 Å². The van der Waals surface area contributed by atoms with E-state index < -0.39 is 0 Å². The minimum Gasteiger partial charge on any atom is -0.314 e. The minimum atomic E-state index is 0.499. The average molecular weight is 201 g/mol. The molecule has 0 saturated heterocycles. The van der Waals surface area contributed by atoms with Crippen molar-refractivity contribution in [2.45, 2.75) is 32.7 Å². The van der Waals surface area contributed by atoms with E-state index in [1.54, 1.807) is 0 Å². The van der Waals surface area contributed by atoms with Gasteiger partial charge in [-0.25, -0.2) is 0 Å². The number of fused-ring (bicyclic) bond motifs is 1. The van der Waals surface area contributed by atoms with Gasteiger partial charge in [-0.2, -0.15) is 0 Å². The molecule has 0 bridgehead atoms. The normalized spacial score (nSPS) is 16.9. The Morgan fingerprint density at radius 1 is 1.27 bits per heavy atom. The molecule has 0 aromatic heterocycles. The molecule has 1 heteroatoms. The van der Waals surface area contributed by atoms with Gasteiger partial charge in [-0.3, -0.25) is 0 Å². The monoisotopic (exact) mass is 201 g/mol. The molecule has 1 aromatic carbocycles. The quantitative estimate of drug-likeness (QED) is 0.775. The molecule has 1 aromatic rings. The fourth-order valence-electron chi connectivity index (χ4n) is 2.15. The van der Waals surface area contributed by atoms with Crippen LogP contribution in [-0.2, 0) is 6.42 Å². The molecule has 0 fully saturated rings. The maximum absolute atomic E-state index is 3.31. The van der Waals surface area contributed by atoms with Crippen molar-refractivity contribution >= 4 is 6.08 Å². The summed E-state index contributed by atoms with van der Waals surface area (Å²) in [6.45, 7) is 4.39. The first kappa shape index (κ1) is 10.4. The summed E-state index contributed by atoms with van der Waals surface area (Å²) in [4.78, 5) is 0. The molecule has 2 rings (SSSR count). The topological polar surface area (TPSA) is 12.0 Å². The Morgan fingerprint density at radius 3 is 2.80 bits per heavy atom. The fraction of sp³-hybridized carbons (Fsp3) is 0.429. The van der Waals surface area contributed by atoms with E-state index in [0.717, 1.165) is 0 Å². The van der Waals surface area contributed by atoms with Gasteiger partial charge in [0.15, 0.2) is 0 Å². The molecule has 0 radical (unpaired) electrons. The van der Waals surface area contributed by atoms with Crippen molar-refractivity contribution < 1.29 is 0 Å². The van der Waals surface area contributed by atoms with Crippen LogP contribution in [0, 0.1) is 6.92 Å². The van der Waals surface area contributed by atoms with Crippen LogP contribution >= 0.6 is 0 Å². The van der Waals surface area contributed by atoms with Crippen LogP contribution in [0.1, 0.15) is 30.0 Å².